The minimum atomic E-state index is -4.83. The Morgan fingerprint density at radius 3 is 2.66 bits per heavy atom. The Morgan fingerprint density at radius 2 is 2.03 bits per heavy atom. The van der Waals surface area contributed by atoms with Crippen molar-refractivity contribution in [2.75, 3.05) is 25.0 Å². The van der Waals surface area contributed by atoms with E-state index >= 15 is 0 Å². The first-order valence-corrected chi connectivity index (χ1v) is 10.2. The van der Waals surface area contributed by atoms with Crippen LogP contribution in [0.3, 0.4) is 0 Å². The molecule has 4 rings (SSSR count). The normalized spacial score (nSPS) is 15.2. The molecule has 0 spiro atoms. The van der Waals surface area contributed by atoms with E-state index in [1.165, 1.54) is 24.5 Å². The number of nitrogens with one attached hydrogen (secondary N) is 1. The Balaban J connectivity index is 1.68. The third-order valence-corrected chi connectivity index (χ3v) is 5.51. The number of amides is 1. The fourth-order valence-corrected chi connectivity index (χ4v) is 3.79. The number of carbonyl (C=O) groups is 1. The third kappa shape index (κ3) is 4.86. The number of nitrogens with zero attached hydrogens (tertiary/aromatic N) is 3. The summed E-state index contributed by atoms with van der Waals surface area (Å²) in [4.78, 5) is 22.5. The number of nitrogens with two attached hydrogens (primary N) is 1. The van der Waals surface area contributed by atoms with Gasteiger partial charge in [0.05, 0.1) is 22.1 Å². The fraction of sp³-hybridized carbons (Fsp3) is 0.286. The molecule has 0 bridgehead atoms. The van der Waals surface area contributed by atoms with Gasteiger partial charge >= 0.3 is 6.36 Å². The minimum absolute atomic E-state index is 0.154. The fourth-order valence-electron chi connectivity index (χ4n) is 3.56. The summed E-state index contributed by atoms with van der Waals surface area (Å²) in [6.07, 6.45) is -2.44. The highest BCUT2D eigenvalue weighted by Crippen LogP contribution is 2.34. The number of halogens is 4. The molecule has 32 heavy (non-hydrogen) atoms. The van der Waals surface area contributed by atoms with E-state index in [1.54, 1.807) is 18.2 Å². The first kappa shape index (κ1) is 22.1. The average Bonchev–Trinajstić information content (AvgIpc) is 2.70. The number of primary amides is 1. The molecular weight excluding hydrogens is 447 g/mol. The Labute approximate surface area is 186 Å². The topological polar surface area (TPSA) is 93.4 Å². The Hall–Kier alpha value is -3.11. The molecule has 11 heteroatoms. The number of benzene rings is 2. The zero-order chi connectivity index (χ0) is 22.9. The molecule has 1 fully saturated rings. The van der Waals surface area contributed by atoms with E-state index in [-0.39, 0.29) is 16.6 Å². The van der Waals surface area contributed by atoms with Gasteiger partial charge in [-0.3, -0.25) is 4.79 Å². The molecule has 1 aliphatic heterocycles. The van der Waals surface area contributed by atoms with Crippen LogP contribution >= 0.6 is 11.6 Å². The van der Waals surface area contributed by atoms with E-state index in [2.05, 4.69) is 24.9 Å². The van der Waals surface area contributed by atoms with Gasteiger partial charge in [-0.2, -0.15) is 0 Å². The van der Waals surface area contributed by atoms with Crippen molar-refractivity contribution in [1.82, 2.24) is 14.9 Å². The van der Waals surface area contributed by atoms with Gasteiger partial charge in [-0.15, -0.1) is 13.2 Å². The summed E-state index contributed by atoms with van der Waals surface area (Å²) in [5.74, 6) is -0.607. The van der Waals surface area contributed by atoms with Gasteiger partial charge in [0.25, 0.3) is 5.91 Å². The summed E-state index contributed by atoms with van der Waals surface area (Å²) in [7, 11) is 0. The van der Waals surface area contributed by atoms with Gasteiger partial charge in [-0.05, 0) is 49.3 Å². The number of hydrogen-bond donors (Lipinski definition) is 2. The maximum absolute atomic E-state index is 12.6. The second kappa shape index (κ2) is 8.79. The van der Waals surface area contributed by atoms with Gasteiger partial charge in [0.2, 0.25) is 0 Å². The highest BCUT2D eigenvalue weighted by atomic mass is 35.5. The van der Waals surface area contributed by atoms with Gasteiger partial charge in [0.15, 0.2) is 0 Å². The Morgan fingerprint density at radius 1 is 1.25 bits per heavy atom. The van der Waals surface area contributed by atoms with Crippen LogP contribution in [0.4, 0.5) is 19.0 Å². The van der Waals surface area contributed by atoms with Crippen LogP contribution in [0.15, 0.2) is 42.7 Å². The number of fused-ring (bicyclic) bond motifs is 1. The maximum atomic E-state index is 12.6. The molecule has 1 aliphatic rings. The first-order valence-electron chi connectivity index (χ1n) is 9.79. The molecule has 2 heterocycles. The monoisotopic (exact) mass is 465 g/mol. The standard InChI is InChI=1S/C21H19ClF3N5O2/c22-15-9-12(5-6-17(15)32-21(23,24)25)16(10-30-7-2-8-30)29-20-14-4-1-3-13(19(26)31)18(14)27-11-28-20/h1,3-6,9,11,16H,2,7-8,10H2,(H2,26,31)(H,27,28,29)/t16-/m1/s1. The lowest BCUT2D eigenvalue weighted by molar-refractivity contribution is -0.274. The van der Waals surface area contributed by atoms with Crippen LogP contribution < -0.4 is 15.8 Å². The second-order valence-corrected chi connectivity index (χ2v) is 7.78. The highest BCUT2D eigenvalue weighted by Gasteiger charge is 2.32. The quantitative estimate of drug-likeness (QED) is 0.544. The van der Waals surface area contributed by atoms with Crippen molar-refractivity contribution in [2.45, 2.75) is 18.8 Å². The van der Waals surface area contributed by atoms with Gasteiger partial charge < -0.3 is 20.7 Å². The molecule has 1 saturated heterocycles. The van der Waals surface area contributed by atoms with E-state index in [0.29, 0.717) is 28.8 Å². The minimum Gasteiger partial charge on any atom is -0.404 e. The molecule has 0 radical (unpaired) electrons. The number of hydrogen-bond acceptors (Lipinski definition) is 6. The SMILES string of the molecule is NC(=O)c1cccc2c(N[C@H](CN3CCC3)c3ccc(OC(F)(F)F)c(Cl)c3)ncnc12. The first-order chi connectivity index (χ1) is 15.2. The Bertz CT molecular complexity index is 1150. The van der Waals surface area contributed by atoms with E-state index < -0.39 is 18.0 Å². The van der Waals surface area contributed by atoms with Crippen LogP contribution in [0.2, 0.25) is 5.02 Å². The predicted octanol–water partition coefficient (Wildman–Crippen LogP) is 4.14. The summed E-state index contributed by atoms with van der Waals surface area (Å²) < 4.78 is 41.7. The molecule has 1 aromatic heterocycles. The van der Waals surface area contributed by atoms with Crippen LogP contribution in [0.1, 0.15) is 28.4 Å². The number of alkyl halides is 3. The molecule has 1 atom stereocenters. The Kier molecular flexibility index (Phi) is 6.07. The number of carbonyl (C=O) groups excluding carboxylic acids is 1. The molecule has 3 N–H and O–H groups in total. The highest BCUT2D eigenvalue weighted by molar-refractivity contribution is 6.32. The molecular formula is C21H19ClF3N5O2. The van der Waals surface area contributed by atoms with Crippen molar-refractivity contribution in [1.29, 1.82) is 0 Å². The summed E-state index contributed by atoms with van der Waals surface area (Å²) in [6.45, 7) is 2.41. The molecule has 168 valence electrons. The summed E-state index contributed by atoms with van der Waals surface area (Å²) in [5, 5.41) is 3.78. The van der Waals surface area contributed by atoms with Crippen LogP contribution in [0, 0.1) is 0 Å². The van der Waals surface area contributed by atoms with E-state index in [1.807, 2.05) is 0 Å². The van der Waals surface area contributed by atoms with Crippen LogP contribution in [0.25, 0.3) is 10.9 Å². The molecule has 0 aliphatic carbocycles. The number of aromatic nitrogens is 2. The van der Waals surface area contributed by atoms with Crippen LogP contribution in [-0.2, 0) is 0 Å². The van der Waals surface area contributed by atoms with Gasteiger partial charge in [0, 0.05) is 11.9 Å². The number of ether oxygens (including phenoxy) is 1. The van der Waals surface area contributed by atoms with Crippen molar-refractivity contribution in [3.05, 3.63) is 58.9 Å². The van der Waals surface area contributed by atoms with Gasteiger partial charge in [-0.25, -0.2) is 9.97 Å². The van der Waals surface area contributed by atoms with Crippen LogP contribution in [-0.4, -0.2) is 46.8 Å². The van der Waals surface area contributed by atoms with E-state index in [4.69, 9.17) is 17.3 Å². The zero-order valence-corrected chi connectivity index (χ0v) is 17.5. The molecule has 0 saturated carbocycles. The number of para-hydroxylation sites is 1. The predicted molar refractivity (Wildman–Crippen MR) is 114 cm³/mol. The van der Waals surface area contributed by atoms with Crippen LogP contribution in [0.5, 0.6) is 5.75 Å². The largest absolute Gasteiger partial charge is 0.573 e. The van der Waals surface area contributed by atoms with Crippen molar-refractivity contribution in [3.63, 3.8) is 0 Å². The maximum Gasteiger partial charge on any atom is 0.573 e. The van der Waals surface area contributed by atoms with E-state index in [9.17, 15) is 18.0 Å². The number of anilines is 1. The molecule has 7 nitrogen and oxygen atoms in total. The lowest BCUT2D eigenvalue weighted by atomic mass is 10.0. The summed E-state index contributed by atoms with van der Waals surface area (Å²) in [6, 6.07) is 8.85. The molecule has 0 unspecified atom stereocenters. The molecule has 1 amide bonds. The van der Waals surface area contributed by atoms with Crippen molar-refractivity contribution in [3.8, 4) is 5.75 Å². The lowest BCUT2D eigenvalue weighted by Crippen LogP contribution is -2.41. The summed E-state index contributed by atoms with van der Waals surface area (Å²) in [5.41, 5.74) is 6.79. The van der Waals surface area contributed by atoms with E-state index in [0.717, 1.165) is 19.5 Å². The zero-order valence-electron chi connectivity index (χ0n) is 16.7. The van der Waals surface area contributed by atoms with Gasteiger partial charge in [-0.1, -0.05) is 23.7 Å². The van der Waals surface area contributed by atoms with Crippen molar-refractivity contribution in [2.24, 2.45) is 5.73 Å². The summed E-state index contributed by atoms with van der Waals surface area (Å²) >= 11 is 6.07. The number of rotatable bonds is 7. The average molecular weight is 466 g/mol. The lowest BCUT2D eigenvalue weighted by Gasteiger charge is -2.35. The third-order valence-electron chi connectivity index (χ3n) is 5.21. The second-order valence-electron chi connectivity index (χ2n) is 7.38. The van der Waals surface area contributed by atoms with Crippen molar-refractivity contribution < 1.29 is 22.7 Å². The van der Waals surface area contributed by atoms with Gasteiger partial charge in [0.1, 0.15) is 17.9 Å². The molecule has 3 aromatic rings. The smallest absolute Gasteiger partial charge is 0.404 e. The molecule has 2 aromatic carbocycles. The number of likely N-dealkylation sites (tertiary alicyclic amines) is 1. The van der Waals surface area contributed by atoms with Crippen molar-refractivity contribution >= 4 is 34.2 Å².